The number of hydrogen-bond acceptors (Lipinski definition) is 8. The SMILES string of the molecule is C[C@]1(O)[C@@H](N)C[C@H](c2ccncc2CC(=O)c2nc(-c3ccccc3)cnc2N)OC12CC2. The summed E-state index contributed by atoms with van der Waals surface area (Å²) in [5.41, 5.74) is 13.8. The fourth-order valence-corrected chi connectivity index (χ4v) is 4.67. The number of nitrogens with zero attached hydrogens (tertiary/aromatic N) is 3. The molecule has 0 radical (unpaired) electrons. The van der Waals surface area contributed by atoms with E-state index in [1.165, 1.54) is 0 Å². The number of anilines is 1. The van der Waals surface area contributed by atoms with Crippen molar-refractivity contribution in [2.45, 2.75) is 56.0 Å². The molecule has 2 aromatic heterocycles. The van der Waals surface area contributed by atoms with Gasteiger partial charge in [0.2, 0.25) is 0 Å². The predicted molar refractivity (Wildman–Crippen MR) is 123 cm³/mol. The normalized spacial score (nSPS) is 25.7. The van der Waals surface area contributed by atoms with Crippen molar-refractivity contribution in [3.05, 3.63) is 71.8 Å². The zero-order valence-electron chi connectivity index (χ0n) is 18.4. The number of carbonyl (C=O) groups excluding carboxylic acids is 1. The van der Waals surface area contributed by atoms with Crippen molar-refractivity contribution in [3.63, 3.8) is 0 Å². The lowest BCUT2D eigenvalue weighted by Crippen LogP contribution is -2.60. The Labute approximate surface area is 192 Å². The molecule has 5 rings (SSSR count). The van der Waals surface area contributed by atoms with Crippen LogP contribution in [0.4, 0.5) is 5.82 Å². The Kier molecular flexibility index (Phi) is 5.23. The highest BCUT2D eigenvalue weighted by atomic mass is 16.5. The van der Waals surface area contributed by atoms with Gasteiger partial charge in [-0.1, -0.05) is 30.3 Å². The fourth-order valence-electron chi connectivity index (χ4n) is 4.67. The monoisotopic (exact) mass is 445 g/mol. The van der Waals surface area contributed by atoms with E-state index in [1.807, 2.05) is 36.4 Å². The number of nitrogen functional groups attached to an aromatic ring is 1. The van der Waals surface area contributed by atoms with Crippen LogP contribution in [0.15, 0.2) is 55.0 Å². The minimum atomic E-state index is -1.07. The number of hydrogen-bond donors (Lipinski definition) is 3. The van der Waals surface area contributed by atoms with Crippen LogP contribution in [0.5, 0.6) is 0 Å². The van der Waals surface area contributed by atoms with Gasteiger partial charge in [0.25, 0.3) is 0 Å². The molecule has 0 unspecified atom stereocenters. The lowest BCUT2D eigenvalue weighted by molar-refractivity contribution is -0.196. The van der Waals surface area contributed by atoms with E-state index in [0.29, 0.717) is 12.1 Å². The average molecular weight is 446 g/mol. The third kappa shape index (κ3) is 3.80. The van der Waals surface area contributed by atoms with Crippen LogP contribution in [0.2, 0.25) is 0 Å². The molecule has 3 heterocycles. The van der Waals surface area contributed by atoms with Crippen molar-refractivity contribution < 1.29 is 14.6 Å². The van der Waals surface area contributed by atoms with E-state index in [1.54, 1.807) is 25.5 Å². The molecule has 8 heteroatoms. The first kappa shape index (κ1) is 21.6. The number of ketones is 1. The minimum Gasteiger partial charge on any atom is -0.386 e. The van der Waals surface area contributed by atoms with Crippen molar-refractivity contribution in [2.24, 2.45) is 5.73 Å². The molecule has 0 amide bonds. The van der Waals surface area contributed by atoms with Crippen molar-refractivity contribution in [1.29, 1.82) is 0 Å². The quantitative estimate of drug-likeness (QED) is 0.510. The maximum atomic E-state index is 13.2. The molecule has 2 aliphatic rings. The first-order valence-electron chi connectivity index (χ1n) is 11.1. The van der Waals surface area contributed by atoms with Gasteiger partial charge in [0.05, 0.1) is 23.6 Å². The first-order chi connectivity index (χ1) is 15.8. The van der Waals surface area contributed by atoms with Gasteiger partial charge < -0.3 is 21.3 Å². The number of aliphatic hydroxyl groups is 1. The summed E-state index contributed by atoms with van der Waals surface area (Å²) in [7, 11) is 0. The lowest BCUT2D eigenvalue weighted by atomic mass is 9.80. The van der Waals surface area contributed by atoms with Crippen LogP contribution in [0.1, 0.15) is 53.9 Å². The second-order valence-corrected chi connectivity index (χ2v) is 9.12. The Bertz CT molecular complexity index is 1190. The Morgan fingerprint density at radius 1 is 1.21 bits per heavy atom. The number of carbonyl (C=O) groups is 1. The zero-order chi connectivity index (χ0) is 23.2. The van der Waals surface area contributed by atoms with Crippen molar-refractivity contribution >= 4 is 11.6 Å². The van der Waals surface area contributed by atoms with Crippen LogP contribution in [-0.2, 0) is 11.2 Å². The Morgan fingerprint density at radius 2 is 1.97 bits per heavy atom. The summed E-state index contributed by atoms with van der Waals surface area (Å²) in [5.74, 6) is -0.158. The molecular weight excluding hydrogens is 418 g/mol. The van der Waals surface area contributed by atoms with Gasteiger partial charge in [-0.05, 0) is 43.4 Å². The number of rotatable bonds is 5. The van der Waals surface area contributed by atoms with E-state index >= 15 is 0 Å². The second kappa shape index (κ2) is 7.98. The summed E-state index contributed by atoms with van der Waals surface area (Å²) in [6.07, 6.45) is 6.62. The van der Waals surface area contributed by atoms with Gasteiger partial charge in [0, 0.05) is 30.4 Å². The molecule has 1 aliphatic heterocycles. The lowest BCUT2D eigenvalue weighted by Gasteiger charge is -2.46. The zero-order valence-corrected chi connectivity index (χ0v) is 18.4. The second-order valence-electron chi connectivity index (χ2n) is 9.12. The molecule has 0 bridgehead atoms. The van der Waals surface area contributed by atoms with Gasteiger partial charge in [-0.25, -0.2) is 9.97 Å². The van der Waals surface area contributed by atoms with E-state index < -0.39 is 17.2 Å². The molecule has 33 heavy (non-hydrogen) atoms. The number of pyridine rings is 1. The van der Waals surface area contributed by atoms with Crippen molar-refractivity contribution in [3.8, 4) is 11.3 Å². The van der Waals surface area contributed by atoms with E-state index in [-0.39, 0.29) is 29.8 Å². The summed E-state index contributed by atoms with van der Waals surface area (Å²) in [6, 6.07) is 10.9. The van der Waals surface area contributed by atoms with Gasteiger partial charge >= 0.3 is 0 Å². The minimum absolute atomic E-state index is 0.0544. The van der Waals surface area contributed by atoms with Crippen LogP contribution in [0.25, 0.3) is 11.3 Å². The van der Waals surface area contributed by atoms with Gasteiger partial charge in [-0.3, -0.25) is 9.78 Å². The van der Waals surface area contributed by atoms with Crippen LogP contribution in [0, 0.1) is 0 Å². The summed E-state index contributed by atoms with van der Waals surface area (Å²) in [6.45, 7) is 1.75. The van der Waals surface area contributed by atoms with Gasteiger partial charge in [-0.15, -0.1) is 0 Å². The first-order valence-corrected chi connectivity index (χ1v) is 11.1. The average Bonchev–Trinajstić information content (AvgIpc) is 3.60. The summed E-state index contributed by atoms with van der Waals surface area (Å²) in [4.78, 5) is 26.2. The standard InChI is InChI=1S/C25H27N5O3/c1-24(32)21(26)12-20(33-25(24)8-9-25)17-7-10-28-13-16(17)11-19(31)22-23(27)29-14-18(30-22)15-5-3-2-4-6-15/h2-7,10,13-14,20-21,32H,8-9,11-12,26H2,1H3,(H2,27,29)/t20-,21+,24+/m1/s1. The largest absolute Gasteiger partial charge is 0.386 e. The Balaban J connectivity index is 1.42. The molecule has 3 atom stereocenters. The molecule has 8 nitrogen and oxygen atoms in total. The highest BCUT2D eigenvalue weighted by Gasteiger charge is 2.64. The highest BCUT2D eigenvalue weighted by Crippen LogP contribution is 2.56. The molecular formula is C25H27N5O3. The maximum absolute atomic E-state index is 13.2. The Morgan fingerprint density at radius 3 is 2.70 bits per heavy atom. The van der Waals surface area contributed by atoms with Crippen LogP contribution >= 0.6 is 0 Å². The molecule has 3 aromatic rings. The number of ether oxygens (including phenoxy) is 1. The van der Waals surface area contributed by atoms with E-state index in [0.717, 1.165) is 29.5 Å². The van der Waals surface area contributed by atoms with Crippen molar-refractivity contribution in [2.75, 3.05) is 5.73 Å². The molecule has 2 fully saturated rings. The van der Waals surface area contributed by atoms with Crippen LogP contribution in [0.3, 0.4) is 0 Å². The molecule has 1 aliphatic carbocycles. The maximum Gasteiger partial charge on any atom is 0.189 e. The predicted octanol–water partition coefficient (Wildman–Crippen LogP) is 2.62. The fraction of sp³-hybridized carbons (Fsp3) is 0.360. The smallest absolute Gasteiger partial charge is 0.189 e. The molecule has 1 spiro atoms. The number of nitrogens with two attached hydrogens (primary N) is 2. The topological polar surface area (TPSA) is 137 Å². The van der Waals surface area contributed by atoms with Gasteiger partial charge in [0.15, 0.2) is 11.6 Å². The number of aromatic nitrogens is 3. The van der Waals surface area contributed by atoms with Crippen molar-refractivity contribution in [1.82, 2.24) is 15.0 Å². The number of Topliss-reactive ketones (excluding diaryl/α,β-unsaturated/α-hetero) is 1. The van der Waals surface area contributed by atoms with Crippen LogP contribution < -0.4 is 11.5 Å². The summed E-state index contributed by atoms with van der Waals surface area (Å²) in [5, 5.41) is 10.9. The number of benzene rings is 1. The molecule has 1 saturated heterocycles. The summed E-state index contributed by atoms with van der Waals surface area (Å²) >= 11 is 0. The molecule has 1 saturated carbocycles. The van der Waals surface area contributed by atoms with E-state index in [4.69, 9.17) is 16.2 Å². The molecule has 170 valence electrons. The van der Waals surface area contributed by atoms with E-state index in [2.05, 4.69) is 15.0 Å². The Hall–Kier alpha value is -3.20. The van der Waals surface area contributed by atoms with Gasteiger partial charge in [0.1, 0.15) is 11.3 Å². The molecule has 1 aromatic carbocycles. The van der Waals surface area contributed by atoms with E-state index in [9.17, 15) is 9.90 Å². The third-order valence-electron chi connectivity index (χ3n) is 6.96. The van der Waals surface area contributed by atoms with Gasteiger partial charge in [-0.2, -0.15) is 0 Å². The summed E-state index contributed by atoms with van der Waals surface area (Å²) < 4.78 is 6.36. The highest BCUT2D eigenvalue weighted by molar-refractivity contribution is 5.99. The molecule has 5 N–H and O–H groups in total. The third-order valence-corrected chi connectivity index (χ3v) is 6.96. The van der Waals surface area contributed by atoms with Crippen LogP contribution in [-0.4, -0.2) is 43.1 Å².